The summed E-state index contributed by atoms with van der Waals surface area (Å²) in [6, 6.07) is 19.3. The normalized spacial score (nSPS) is 20.1. The fourth-order valence-electron chi connectivity index (χ4n) is 7.22. The van der Waals surface area contributed by atoms with E-state index >= 15 is 0 Å². The monoisotopic (exact) mass is 627 g/mol. The molecule has 3 aromatic rings. The van der Waals surface area contributed by atoms with Gasteiger partial charge in [0.05, 0.1) is 29.7 Å². The van der Waals surface area contributed by atoms with Crippen LogP contribution in [0.5, 0.6) is 17.2 Å². The number of hydrogen-bond acceptors (Lipinski definition) is 6. The third-order valence-electron chi connectivity index (χ3n) is 9.96. The van der Waals surface area contributed by atoms with Crippen LogP contribution in [-0.4, -0.2) is 54.7 Å². The topological polar surface area (TPSA) is 58.0 Å². The van der Waals surface area contributed by atoms with Gasteiger partial charge in [-0.3, -0.25) is 9.80 Å². The van der Waals surface area contributed by atoms with E-state index < -0.39 is 0 Å². The summed E-state index contributed by atoms with van der Waals surface area (Å²) in [7, 11) is 0. The van der Waals surface area contributed by atoms with Crippen LogP contribution in [0.25, 0.3) is 11.1 Å². The van der Waals surface area contributed by atoms with E-state index in [4.69, 9.17) is 25.8 Å². The van der Waals surface area contributed by atoms with Gasteiger partial charge < -0.3 is 14.2 Å². The van der Waals surface area contributed by atoms with Crippen molar-refractivity contribution in [1.29, 1.82) is 5.26 Å². The summed E-state index contributed by atoms with van der Waals surface area (Å²) in [6.45, 7) is 16.5. The van der Waals surface area contributed by atoms with Crippen LogP contribution in [-0.2, 0) is 13.0 Å². The molecule has 1 atom stereocenters. The molecule has 2 aliphatic heterocycles. The first-order valence-corrected chi connectivity index (χ1v) is 16.8. The molecule has 0 spiro atoms. The summed E-state index contributed by atoms with van der Waals surface area (Å²) in [5, 5.41) is 9.98. The first-order chi connectivity index (χ1) is 21.6. The number of fused-ring (bicyclic) bond motifs is 1. The summed E-state index contributed by atoms with van der Waals surface area (Å²) in [4.78, 5) is 4.80. The van der Waals surface area contributed by atoms with Gasteiger partial charge in [0.25, 0.3) is 0 Å². The van der Waals surface area contributed by atoms with Crippen LogP contribution in [0.2, 0.25) is 5.02 Å². The maximum atomic E-state index is 9.39. The van der Waals surface area contributed by atoms with E-state index in [2.05, 4.69) is 73.0 Å². The molecule has 238 valence electrons. The van der Waals surface area contributed by atoms with Gasteiger partial charge in [-0.25, -0.2) is 0 Å². The number of benzene rings is 3. The summed E-state index contributed by atoms with van der Waals surface area (Å²) < 4.78 is 19.0. The van der Waals surface area contributed by atoms with Crippen molar-refractivity contribution in [3.63, 3.8) is 0 Å². The van der Waals surface area contributed by atoms with Crippen LogP contribution in [0.15, 0.2) is 48.5 Å². The molecule has 0 amide bonds. The maximum absolute atomic E-state index is 9.39. The molecule has 6 rings (SSSR count). The molecular weight excluding hydrogens is 582 g/mol. The van der Waals surface area contributed by atoms with Gasteiger partial charge in [0.2, 0.25) is 0 Å². The van der Waals surface area contributed by atoms with Gasteiger partial charge in [0.1, 0.15) is 23.4 Å². The standard InChI is InChI=1S/C38H46ClN3O3/c1-6-43-35-21-36(32(39)20-27(35)22-41-24-38(5,23-40)25-41)45-34-15-14-30-29(11-7-12-31(30)34)28-10-8-13-33(26(28)2)44-19-9-17-42-18-16-37(42,3)4/h7-8,10-13,20-21,34H,6,9,14-19,22,24-25H2,1-5H3/t34-/m0/s1. The Morgan fingerprint density at radius 3 is 2.49 bits per heavy atom. The highest BCUT2D eigenvalue weighted by Crippen LogP contribution is 2.44. The largest absolute Gasteiger partial charge is 0.493 e. The molecule has 6 nitrogen and oxygen atoms in total. The second kappa shape index (κ2) is 12.9. The van der Waals surface area contributed by atoms with Crippen molar-refractivity contribution in [3.8, 4) is 34.4 Å². The second-order valence-corrected chi connectivity index (χ2v) is 14.2. The summed E-state index contributed by atoms with van der Waals surface area (Å²) in [6.07, 6.45) is 4.04. The van der Waals surface area contributed by atoms with E-state index in [1.54, 1.807) is 0 Å². The average molecular weight is 628 g/mol. The first-order valence-electron chi connectivity index (χ1n) is 16.5. The van der Waals surface area contributed by atoms with Gasteiger partial charge in [-0.1, -0.05) is 41.9 Å². The molecule has 0 bridgehead atoms. The third kappa shape index (κ3) is 6.54. The van der Waals surface area contributed by atoms with Crippen LogP contribution in [0.3, 0.4) is 0 Å². The lowest BCUT2D eigenvalue weighted by Gasteiger charge is -2.48. The van der Waals surface area contributed by atoms with Gasteiger partial charge in [0, 0.05) is 49.9 Å². The Balaban J connectivity index is 1.16. The van der Waals surface area contributed by atoms with Gasteiger partial charge in [-0.2, -0.15) is 5.26 Å². The molecule has 0 aromatic heterocycles. The highest BCUT2D eigenvalue weighted by Gasteiger charge is 2.39. The number of hydrogen-bond donors (Lipinski definition) is 0. The van der Waals surface area contributed by atoms with E-state index in [1.165, 1.54) is 40.8 Å². The molecule has 45 heavy (non-hydrogen) atoms. The van der Waals surface area contributed by atoms with Gasteiger partial charge in [-0.15, -0.1) is 0 Å². The number of halogens is 1. The number of ether oxygens (including phenoxy) is 3. The number of nitrogens with zero attached hydrogens (tertiary/aromatic N) is 3. The minimum absolute atomic E-state index is 0.0880. The van der Waals surface area contributed by atoms with E-state index in [9.17, 15) is 5.26 Å². The zero-order valence-electron chi connectivity index (χ0n) is 27.4. The summed E-state index contributed by atoms with van der Waals surface area (Å²) in [5.74, 6) is 2.39. The Labute approximate surface area is 273 Å². The van der Waals surface area contributed by atoms with E-state index in [0.717, 1.165) is 62.6 Å². The maximum Gasteiger partial charge on any atom is 0.142 e. The third-order valence-corrected chi connectivity index (χ3v) is 10.3. The Morgan fingerprint density at radius 2 is 1.78 bits per heavy atom. The number of nitriles is 1. The van der Waals surface area contributed by atoms with Crippen molar-refractivity contribution in [1.82, 2.24) is 9.80 Å². The number of rotatable bonds is 12. The molecule has 2 heterocycles. The molecule has 2 saturated heterocycles. The SMILES string of the molecule is CCOc1cc(O[C@H]2CCc3c(-c4cccc(OCCCN5CCC5(C)C)c4C)cccc32)c(Cl)cc1CN1CC(C)(C#N)C1. The van der Waals surface area contributed by atoms with Crippen LogP contribution >= 0.6 is 11.6 Å². The van der Waals surface area contributed by atoms with Crippen molar-refractivity contribution in [2.75, 3.05) is 39.4 Å². The van der Waals surface area contributed by atoms with Gasteiger partial charge in [-0.05, 0) is 100 Å². The van der Waals surface area contributed by atoms with Crippen molar-refractivity contribution in [2.24, 2.45) is 5.41 Å². The fourth-order valence-corrected chi connectivity index (χ4v) is 7.45. The summed E-state index contributed by atoms with van der Waals surface area (Å²) >= 11 is 6.83. The van der Waals surface area contributed by atoms with Crippen molar-refractivity contribution >= 4 is 11.6 Å². The molecule has 0 N–H and O–H groups in total. The van der Waals surface area contributed by atoms with E-state index in [-0.39, 0.29) is 11.5 Å². The minimum Gasteiger partial charge on any atom is -0.493 e. The lowest BCUT2D eigenvalue weighted by Crippen LogP contribution is -2.55. The lowest BCUT2D eigenvalue weighted by molar-refractivity contribution is 0.0123. The van der Waals surface area contributed by atoms with Crippen molar-refractivity contribution < 1.29 is 14.2 Å². The molecule has 0 radical (unpaired) electrons. The highest BCUT2D eigenvalue weighted by atomic mass is 35.5. The molecule has 2 fully saturated rings. The molecule has 0 unspecified atom stereocenters. The molecule has 3 aromatic carbocycles. The lowest BCUT2D eigenvalue weighted by atomic mass is 9.83. The zero-order valence-corrected chi connectivity index (χ0v) is 28.2. The van der Waals surface area contributed by atoms with Crippen LogP contribution < -0.4 is 14.2 Å². The van der Waals surface area contributed by atoms with E-state index in [1.807, 2.05) is 26.0 Å². The summed E-state index contributed by atoms with van der Waals surface area (Å²) in [5.41, 5.74) is 7.27. The fraction of sp³-hybridized carbons (Fsp3) is 0.500. The molecule has 0 saturated carbocycles. The minimum atomic E-state index is -0.272. The average Bonchev–Trinajstić information content (AvgIpc) is 3.41. The predicted octanol–water partition coefficient (Wildman–Crippen LogP) is 8.38. The predicted molar refractivity (Wildman–Crippen MR) is 180 cm³/mol. The van der Waals surface area contributed by atoms with Crippen LogP contribution in [0.4, 0.5) is 0 Å². The quantitative estimate of drug-likeness (QED) is 0.188. The highest BCUT2D eigenvalue weighted by molar-refractivity contribution is 6.32. The van der Waals surface area contributed by atoms with Crippen LogP contribution in [0, 0.1) is 23.7 Å². The Kier molecular flexibility index (Phi) is 9.07. The van der Waals surface area contributed by atoms with Crippen molar-refractivity contribution in [2.45, 2.75) is 78.5 Å². The number of likely N-dealkylation sites (tertiary alicyclic amines) is 2. The molecule has 7 heteroatoms. The zero-order chi connectivity index (χ0) is 31.8. The Hall–Kier alpha value is -3.24. The van der Waals surface area contributed by atoms with Crippen molar-refractivity contribution in [3.05, 3.63) is 75.8 Å². The smallest absolute Gasteiger partial charge is 0.142 e. The second-order valence-electron chi connectivity index (χ2n) is 13.8. The van der Waals surface area contributed by atoms with Gasteiger partial charge in [0.15, 0.2) is 0 Å². The molecule has 3 aliphatic rings. The first kappa shape index (κ1) is 31.7. The van der Waals surface area contributed by atoms with Crippen LogP contribution in [0.1, 0.15) is 75.3 Å². The molecule has 1 aliphatic carbocycles. The Bertz CT molecular complexity index is 1590. The molecular formula is C38H46ClN3O3. The van der Waals surface area contributed by atoms with E-state index in [0.29, 0.717) is 29.5 Å². The Morgan fingerprint density at radius 1 is 1.00 bits per heavy atom. The van der Waals surface area contributed by atoms with Gasteiger partial charge >= 0.3 is 0 Å².